The van der Waals surface area contributed by atoms with Crippen molar-refractivity contribution in [2.75, 3.05) is 0 Å². The molecule has 100 valence electrons. The van der Waals surface area contributed by atoms with E-state index in [4.69, 9.17) is 4.74 Å². The second-order valence-corrected chi connectivity index (χ2v) is 5.52. The number of hydrogen-bond donors (Lipinski definition) is 0. The Morgan fingerprint density at radius 3 is 2.61 bits per heavy atom. The summed E-state index contributed by atoms with van der Waals surface area (Å²) in [5.41, 5.74) is 1.89. The van der Waals surface area contributed by atoms with Crippen molar-refractivity contribution in [3.63, 3.8) is 0 Å². The van der Waals surface area contributed by atoms with E-state index in [1.54, 1.807) is 0 Å². The quantitative estimate of drug-likeness (QED) is 0.722. The van der Waals surface area contributed by atoms with E-state index in [0.29, 0.717) is 6.42 Å². The number of hydrogen-bond acceptors (Lipinski definition) is 3. The highest BCUT2D eigenvalue weighted by atomic mass is 16.5. The summed E-state index contributed by atoms with van der Waals surface area (Å²) in [5, 5.41) is 0. The summed E-state index contributed by atoms with van der Waals surface area (Å²) in [4.78, 5) is 22.6. The van der Waals surface area contributed by atoms with E-state index in [1.807, 2.05) is 26.0 Å². The van der Waals surface area contributed by atoms with Crippen LogP contribution in [0.1, 0.15) is 47.5 Å². The molecule has 0 aromatic heterocycles. The van der Waals surface area contributed by atoms with Gasteiger partial charge in [0.05, 0.1) is 0 Å². The lowest BCUT2D eigenvalue weighted by Crippen LogP contribution is -2.24. The first-order valence-electron chi connectivity index (χ1n) is 6.34. The number of esters is 1. The zero-order valence-electron chi connectivity index (χ0n) is 11.9. The first-order valence-corrected chi connectivity index (χ1v) is 6.34. The topological polar surface area (TPSA) is 43.4 Å². The smallest absolute Gasteiger partial charge is 0.303 e. The fraction of sp³-hybridized carbons (Fsp3) is 0.600. The monoisotopic (exact) mass is 250 g/mol. The number of Topliss-reactive ketones (excluding diaryl/α,β-unsaturated/α-hetero) is 1. The highest BCUT2D eigenvalue weighted by Crippen LogP contribution is 2.39. The Morgan fingerprint density at radius 1 is 1.44 bits per heavy atom. The summed E-state index contributed by atoms with van der Waals surface area (Å²) < 4.78 is 5.04. The lowest BCUT2D eigenvalue weighted by Gasteiger charge is -2.32. The number of ketones is 1. The minimum absolute atomic E-state index is 0.00440. The molecule has 0 saturated carbocycles. The van der Waals surface area contributed by atoms with Crippen LogP contribution in [-0.4, -0.2) is 17.9 Å². The van der Waals surface area contributed by atoms with Crippen molar-refractivity contribution in [3.05, 3.63) is 23.3 Å². The molecule has 0 fully saturated rings. The van der Waals surface area contributed by atoms with Crippen molar-refractivity contribution in [1.29, 1.82) is 0 Å². The fourth-order valence-electron chi connectivity index (χ4n) is 2.29. The average Bonchev–Trinajstić information content (AvgIpc) is 2.23. The van der Waals surface area contributed by atoms with Gasteiger partial charge in [0.25, 0.3) is 0 Å². The molecule has 3 heteroatoms. The van der Waals surface area contributed by atoms with Crippen molar-refractivity contribution in [3.8, 4) is 0 Å². The largest absolute Gasteiger partial charge is 0.459 e. The van der Waals surface area contributed by atoms with Gasteiger partial charge in [-0.2, -0.15) is 0 Å². The predicted octanol–water partition coefficient (Wildman–Crippen LogP) is 3.20. The van der Waals surface area contributed by atoms with Gasteiger partial charge in [-0.15, -0.1) is 0 Å². The molecule has 0 aromatic carbocycles. The average molecular weight is 250 g/mol. The molecule has 3 nitrogen and oxygen atoms in total. The number of rotatable bonds is 3. The molecule has 0 amide bonds. The molecule has 0 heterocycles. The van der Waals surface area contributed by atoms with Crippen molar-refractivity contribution < 1.29 is 14.3 Å². The van der Waals surface area contributed by atoms with Crippen molar-refractivity contribution >= 4 is 11.8 Å². The maximum atomic E-state index is 11.7. The molecular formula is C15H22O3. The Balaban J connectivity index is 2.92. The molecule has 0 saturated heterocycles. The van der Waals surface area contributed by atoms with Gasteiger partial charge in [0.1, 0.15) is 6.10 Å². The van der Waals surface area contributed by atoms with E-state index in [0.717, 1.165) is 17.6 Å². The van der Waals surface area contributed by atoms with E-state index in [1.165, 1.54) is 6.92 Å². The van der Waals surface area contributed by atoms with Crippen LogP contribution in [0.15, 0.2) is 23.3 Å². The van der Waals surface area contributed by atoms with Crippen LogP contribution in [0, 0.1) is 5.41 Å². The van der Waals surface area contributed by atoms with Crippen LogP contribution >= 0.6 is 0 Å². The van der Waals surface area contributed by atoms with E-state index in [9.17, 15) is 9.59 Å². The molecule has 1 aliphatic carbocycles. The van der Waals surface area contributed by atoms with Crippen LogP contribution in [0.2, 0.25) is 0 Å². The molecule has 1 atom stereocenters. The van der Waals surface area contributed by atoms with Crippen LogP contribution in [0.25, 0.3) is 0 Å². The fourth-order valence-corrected chi connectivity index (χ4v) is 2.29. The standard InChI is InChI=1S/C15H22O3/c1-10(18-12(3)16)6-7-13-11(2)14(17)8-9-15(13,4)5/h6-7,10H,8-9H2,1-5H3. The summed E-state index contributed by atoms with van der Waals surface area (Å²) in [6, 6.07) is 0. The van der Waals surface area contributed by atoms with Crippen molar-refractivity contribution in [1.82, 2.24) is 0 Å². The molecule has 1 aliphatic rings. The first kappa shape index (κ1) is 14.7. The van der Waals surface area contributed by atoms with Gasteiger partial charge in [-0.05, 0) is 42.9 Å². The Morgan fingerprint density at radius 2 is 2.06 bits per heavy atom. The molecular weight excluding hydrogens is 228 g/mol. The molecule has 1 unspecified atom stereocenters. The summed E-state index contributed by atoms with van der Waals surface area (Å²) >= 11 is 0. The van der Waals surface area contributed by atoms with E-state index in [2.05, 4.69) is 13.8 Å². The highest BCUT2D eigenvalue weighted by Gasteiger charge is 2.30. The Hall–Kier alpha value is -1.38. The molecule has 1 rings (SSSR count). The third-order valence-corrected chi connectivity index (χ3v) is 3.41. The Kier molecular flexibility index (Phi) is 4.49. The van der Waals surface area contributed by atoms with Gasteiger partial charge in [-0.1, -0.05) is 19.9 Å². The highest BCUT2D eigenvalue weighted by molar-refractivity contribution is 5.97. The van der Waals surface area contributed by atoms with Gasteiger partial charge in [-0.25, -0.2) is 0 Å². The van der Waals surface area contributed by atoms with Gasteiger partial charge in [0.15, 0.2) is 5.78 Å². The second-order valence-electron chi connectivity index (χ2n) is 5.52. The zero-order valence-corrected chi connectivity index (χ0v) is 11.9. The zero-order chi connectivity index (χ0) is 13.9. The molecule has 0 aromatic rings. The summed E-state index contributed by atoms with van der Waals surface area (Å²) in [5.74, 6) is -0.0778. The molecule has 0 aliphatic heterocycles. The van der Waals surface area contributed by atoms with Gasteiger partial charge in [-0.3, -0.25) is 9.59 Å². The van der Waals surface area contributed by atoms with E-state index >= 15 is 0 Å². The molecule has 18 heavy (non-hydrogen) atoms. The van der Waals surface area contributed by atoms with Gasteiger partial charge >= 0.3 is 5.97 Å². The van der Waals surface area contributed by atoms with Crippen molar-refractivity contribution in [2.45, 2.75) is 53.6 Å². The second kappa shape index (κ2) is 5.51. The minimum Gasteiger partial charge on any atom is -0.459 e. The summed E-state index contributed by atoms with van der Waals surface area (Å²) in [7, 11) is 0. The lowest BCUT2D eigenvalue weighted by molar-refractivity contribution is -0.143. The first-order chi connectivity index (χ1) is 8.24. The number of ether oxygens (including phenoxy) is 1. The summed E-state index contributed by atoms with van der Waals surface area (Å²) in [6.45, 7) is 9.35. The Bertz CT molecular complexity index is 413. The number of carbonyl (C=O) groups is 2. The molecule has 0 radical (unpaired) electrons. The van der Waals surface area contributed by atoms with Gasteiger partial charge in [0.2, 0.25) is 0 Å². The van der Waals surface area contributed by atoms with Crippen LogP contribution in [0.4, 0.5) is 0 Å². The van der Waals surface area contributed by atoms with Crippen molar-refractivity contribution in [2.24, 2.45) is 5.41 Å². The van der Waals surface area contributed by atoms with Crippen LogP contribution in [0.3, 0.4) is 0 Å². The normalized spacial score (nSPS) is 21.3. The molecule has 0 spiro atoms. The lowest BCUT2D eigenvalue weighted by atomic mass is 9.72. The number of allylic oxidation sites excluding steroid dienone is 3. The Labute approximate surface area is 109 Å². The third kappa shape index (κ3) is 3.56. The SMILES string of the molecule is CC(=O)OC(C)C=CC1=C(C)C(=O)CCC1(C)C. The molecule has 0 bridgehead atoms. The maximum absolute atomic E-state index is 11.7. The summed E-state index contributed by atoms with van der Waals surface area (Å²) in [6.07, 6.45) is 4.98. The van der Waals surface area contributed by atoms with Gasteiger partial charge < -0.3 is 4.74 Å². The van der Waals surface area contributed by atoms with Crippen LogP contribution in [0.5, 0.6) is 0 Å². The molecule has 0 N–H and O–H groups in total. The van der Waals surface area contributed by atoms with E-state index in [-0.39, 0.29) is 23.3 Å². The maximum Gasteiger partial charge on any atom is 0.303 e. The van der Waals surface area contributed by atoms with Crippen LogP contribution in [-0.2, 0) is 14.3 Å². The number of carbonyl (C=O) groups excluding carboxylic acids is 2. The third-order valence-electron chi connectivity index (χ3n) is 3.41. The minimum atomic E-state index is -0.295. The predicted molar refractivity (Wildman–Crippen MR) is 71.1 cm³/mol. The van der Waals surface area contributed by atoms with E-state index < -0.39 is 0 Å². The van der Waals surface area contributed by atoms with Crippen LogP contribution < -0.4 is 0 Å². The van der Waals surface area contributed by atoms with Gasteiger partial charge in [0, 0.05) is 13.3 Å².